The summed E-state index contributed by atoms with van der Waals surface area (Å²) in [5, 5.41) is 3.16. The average molecular weight is 195 g/mol. The highest BCUT2D eigenvalue weighted by Crippen LogP contribution is 2.00. The van der Waals surface area contributed by atoms with Gasteiger partial charge in [-0.2, -0.15) is 0 Å². The lowest BCUT2D eigenvalue weighted by Gasteiger charge is -2.12. The molecule has 0 saturated heterocycles. The van der Waals surface area contributed by atoms with Crippen molar-refractivity contribution in [3.8, 4) is 0 Å². The summed E-state index contributed by atoms with van der Waals surface area (Å²) in [6.07, 6.45) is 3.59. The first-order valence-electron chi connectivity index (χ1n) is 4.85. The van der Waals surface area contributed by atoms with Gasteiger partial charge in [-0.3, -0.25) is 0 Å². The molecule has 0 amide bonds. The SMILES string of the molecule is CCOCC(C)Nc1ncc(C)cn1. The van der Waals surface area contributed by atoms with Crippen molar-refractivity contribution in [3.63, 3.8) is 0 Å². The Kier molecular flexibility index (Phi) is 4.32. The minimum atomic E-state index is 0.234. The van der Waals surface area contributed by atoms with E-state index in [9.17, 15) is 0 Å². The molecule has 1 heterocycles. The molecule has 1 atom stereocenters. The average Bonchev–Trinajstić information content (AvgIpc) is 2.18. The van der Waals surface area contributed by atoms with Crippen LogP contribution in [-0.2, 0) is 4.74 Å². The van der Waals surface area contributed by atoms with Crippen LogP contribution >= 0.6 is 0 Å². The molecule has 0 spiro atoms. The molecule has 0 aliphatic rings. The summed E-state index contributed by atoms with van der Waals surface area (Å²) in [6.45, 7) is 7.40. The maximum absolute atomic E-state index is 5.27. The molecular weight excluding hydrogens is 178 g/mol. The number of hydrogen-bond donors (Lipinski definition) is 1. The van der Waals surface area contributed by atoms with Crippen LogP contribution in [0.25, 0.3) is 0 Å². The lowest BCUT2D eigenvalue weighted by atomic mass is 10.3. The van der Waals surface area contributed by atoms with Crippen molar-refractivity contribution < 1.29 is 4.74 Å². The smallest absolute Gasteiger partial charge is 0.222 e. The van der Waals surface area contributed by atoms with Crippen molar-refractivity contribution >= 4 is 5.95 Å². The molecule has 0 saturated carbocycles. The highest BCUT2D eigenvalue weighted by molar-refractivity contribution is 5.25. The van der Waals surface area contributed by atoms with E-state index < -0.39 is 0 Å². The summed E-state index contributed by atoms with van der Waals surface area (Å²) >= 11 is 0. The Morgan fingerprint density at radius 1 is 1.43 bits per heavy atom. The topological polar surface area (TPSA) is 47.0 Å². The summed E-state index contributed by atoms with van der Waals surface area (Å²) in [4.78, 5) is 8.30. The second-order valence-electron chi connectivity index (χ2n) is 3.29. The first-order valence-corrected chi connectivity index (χ1v) is 4.85. The monoisotopic (exact) mass is 195 g/mol. The molecule has 0 aromatic carbocycles. The fraction of sp³-hybridized carbons (Fsp3) is 0.600. The van der Waals surface area contributed by atoms with Gasteiger partial charge in [-0.05, 0) is 26.3 Å². The van der Waals surface area contributed by atoms with Gasteiger partial charge in [-0.1, -0.05) is 0 Å². The number of nitrogens with one attached hydrogen (secondary N) is 1. The van der Waals surface area contributed by atoms with Crippen molar-refractivity contribution in [2.75, 3.05) is 18.5 Å². The van der Waals surface area contributed by atoms with Gasteiger partial charge in [-0.15, -0.1) is 0 Å². The lowest BCUT2D eigenvalue weighted by molar-refractivity contribution is 0.141. The fourth-order valence-electron chi connectivity index (χ4n) is 1.02. The molecule has 4 nitrogen and oxygen atoms in total. The predicted octanol–water partition coefficient (Wildman–Crippen LogP) is 1.62. The predicted molar refractivity (Wildman–Crippen MR) is 56.3 cm³/mol. The normalized spacial score (nSPS) is 12.5. The number of rotatable bonds is 5. The van der Waals surface area contributed by atoms with Crippen LogP contribution in [0.15, 0.2) is 12.4 Å². The third kappa shape index (κ3) is 3.70. The molecule has 14 heavy (non-hydrogen) atoms. The van der Waals surface area contributed by atoms with Gasteiger partial charge in [0.15, 0.2) is 0 Å². The maximum Gasteiger partial charge on any atom is 0.222 e. The van der Waals surface area contributed by atoms with Gasteiger partial charge >= 0.3 is 0 Å². The molecule has 4 heteroatoms. The van der Waals surface area contributed by atoms with Crippen molar-refractivity contribution in [2.24, 2.45) is 0 Å². The van der Waals surface area contributed by atoms with Gasteiger partial charge in [0.2, 0.25) is 5.95 Å². The Balaban J connectivity index is 2.39. The van der Waals surface area contributed by atoms with Crippen molar-refractivity contribution in [2.45, 2.75) is 26.8 Å². The summed E-state index contributed by atoms with van der Waals surface area (Å²) < 4.78 is 5.27. The third-order valence-corrected chi connectivity index (χ3v) is 1.73. The van der Waals surface area contributed by atoms with Crippen molar-refractivity contribution in [3.05, 3.63) is 18.0 Å². The molecule has 0 fully saturated rings. The van der Waals surface area contributed by atoms with E-state index in [1.807, 2.05) is 20.8 Å². The van der Waals surface area contributed by atoms with E-state index in [0.29, 0.717) is 12.6 Å². The quantitative estimate of drug-likeness (QED) is 0.775. The van der Waals surface area contributed by atoms with Gasteiger partial charge in [0, 0.05) is 25.0 Å². The molecule has 1 rings (SSSR count). The zero-order chi connectivity index (χ0) is 10.4. The Morgan fingerprint density at radius 3 is 2.64 bits per heavy atom. The van der Waals surface area contributed by atoms with E-state index in [-0.39, 0.29) is 6.04 Å². The van der Waals surface area contributed by atoms with Crippen LogP contribution in [0.5, 0.6) is 0 Å². The van der Waals surface area contributed by atoms with E-state index in [2.05, 4.69) is 15.3 Å². The first kappa shape index (κ1) is 10.9. The van der Waals surface area contributed by atoms with E-state index in [0.717, 1.165) is 12.2 Å². The van der Waals surface area contributed by atoms with Crippen LogP contribution in [0.4, 0.5) is 5.95 Å². The fourth-order valence-corrected chi connectivity index (χ4v) is 1.02. The summed E-state index contributed by atoms with van der Waals surface area (Å²) in [5.41, 5.74) is 1.06. The molecule has 78 valence electrons. The molecule has 0 radical (unpaired) electrons. The molecular formula is C10H17N3O. The standard InChI is InChI=1S/C10H17N3O/c1-4-14-7-9(3)13-10-11-5-8(2)6-12-10/h5-6,9H,4,7H2,1-3H3,(H,11,12,13). The lowest BCUT2D eigenvalue weighted by Crippen LogP contribution is -2.22. The largest absolute Gasteiger partial charge is 0.380 e. The molecule has 0 aliphatic carbocycles. The highest BCUT2D eigenvalue weighted by atomic mass is 16.5. The van der Waals surface area contributed by atoms with E-state index >= 15 is 0 Å². The van der Waals surface area contributed by atoms with Gasteiger partial charge in [0.25, 0.3) is 0 Å². The zero-order valence-electron chi connectivity index (χ0n) is 8.95. The number of anilines is 1. The second-order valence-corrected chi connectivity index (χ2v) is 3.29. The van der Waals surface area contributed by atoms with Crippen LogP contribution in [0.1, 0.15) is 19.4 Å². The van der Waals surface area contributed by atoms with Gasteiger partial charge in [0.05, 0.1) is 6.61 Å². The summed E-state index contributed by atoms with van der Waals surface area (Å²) in [7, 11) is 0. The van der Waals surface area contributed by atoms with Crippen LogP contribution in [-0.4, -0.2) is 29.2 Å². The van der Waals surface area contributed by atoms with E-state index in [1.165, 1.54) is 0 Å². The van der Waals surface area contributed by atoms with Crippen LogP contribution < -0.4 is 5.32 Å². The van der Waals surface area contributed by atoms with Crippen molar-refractivity contribution in [1.29, 1.82) is 0 Å². The molecule has 0 aliphatic heterocycles. The van der Waals surface area contributed by atoms with Crippen LogP contribution in [0.3, 0.4) is 0 Å². The molecule has 1 N–H and O–H groups in total. The number of aryl methyl sites for hydroxylation is 1. The highest BCUT2D eigenvalue weighted by Gasteiger charge is 2.02. The van der Waals surface area contributed by atoms with Crippen molar-refractivity contribution in [1.82, 2.24) is 9.97 Å². The van der Waals surface area contributed by atoms with E-state index in [1.54, 1.807) is 12.4 Å². The van der Waals surface area contributed by atoms with Crippen LogP contribution in [0.2, 0.25) is 0 Å². The van der Waals surface area contributed by atoms with Gasteiger partial charge in [0.1, 0.15) is 0 Å². The number of nitrogens with zero attached hydrogens (tertiary/aromatic N) is 2. The van der Waals surface area contributed by atoms with Gasteiger partial charge < -0.3 is 10.1 Å². The number of hydrogen-bond acceptors (Lipinski definition) is 4. The number of aromatic nitrogens is 2. The second kappa shape index (κ2) is 5.54. The van der Waals surface area contributed by atoms with E-state index in [4.69, 9.17) is 4.74 Å². The van der Waals surface area contributed by atoms with Crippen LogP contribution in [0, 0.1) is 6.92 Å². The summed E-state index contributed by atoms with van der Waals surface area (Å²) in [5.74, 6) is 0.655. The molecule has 0 bridgehead atoms. The number of ether oxygens (including phenoxy) is 1. The summed E-state index contributed by atoms with van der Waals surface area (Å²) in [6, 6.07) is 0.234. The van der Waals surface area contributed by atoms with Gasteiger partial charge in [-0.25, -0.2) is 9.97 Å². The molecule has 1 aromatic rings. The molecule has 1 unspecified atom stereocenters. The minimum absolute atomic E-state index is 0.234. The Labute approximate surface area is 84.7 Å². The third-order valence-electron chi connectivity index (χ3n) is 1.73. The first-order chi connectivity index (χ1) is 6.72. The Hall–Kier alpha value is -1.16. The molecule has 1 aromatic heterocycles. The Bertz CT molecular complexity index is 261. The zero-order valence-corrected chi connectivity index (χ0v) is 8.95. The maximum atomic E-state index is 5.27. The Morgan fingerprint density at radius 2 is 2.07 bits per heavy atom. The minimum Gasteiger partial charge on any atom is -0.380 e.